The molecule has 2 aliphatic rings. The average molecular weight is 611 g/mol. The highest BCUT2D eigenvalue weighted by atomic mass is 16.7. The van der Waals surface area contributed by atoms with Crippen LogP contribution >= 0.6 is 0 Å². The van der Waals surface area contributed by atoms with Gasteiger partial charge in [-0.15, -0.1) is 0 Å². The Hall–Kier alpha value is -3.71. The summed E-state index contributed by atoms with van der Waals surface area (Å²) in [5, 5.41) is 101. The first-order valence-corrected chi connectivity index (χ1v) is 13.0. The standard InChI is InChI=1S/C27H30O16/c1-8-17(32)20(35)22(37)26(39-8)40-10-5-13(31)16-14(6-10)41-24(9-2-3-11(29)12(30)4-9)25(19(16)34)43-27-23(38)21(36)18(33)15(7-28)42-27/h2-6,8,15,17-18,20-23,26-33,35-38H,7H2,1H3/t8-,15-,17-,18-,20+,21+,22+,23-,26-,27-/m0/s1. The molecular weight excluding hydrogens is 580 g/mol. The number of ether oxygens (including phenoxy) is 4. The van der Waals surface area contributed by atoms with E-state index in [4.69, 9.17) is 23.4 Å². The van der Waals surface area contributed by atoms with E-state index in [1.54, 1.807) is 0 Å². The van der Waals surface area contributed by atoms with Crippen molar-refractivity contribution in [2.75, 3.05) is 6.61 Å². The molecule has 43 heavy (non-hydrogen) atoms. The molecule has 5 rings (SSSR count). The van der Waals surface area contributed by atoms with Gasteiger partial charge >= 0.3 is 0 Å². The maximum atomic E-state index is 13.7. The van der Waals surface area contributed by atoms with Gasteiger partial charge in [0.2, 0.25) is 23.8 Å². The third-order valence-electron chi connectivity index (χ3n) is 7.29. The van der Waals surface area contributed by atoms with Gasteiger partial charge in [0.1, 0.15) is 65.2 Å². The van der Waals surface area contributed by atoms with Crippen LogP contribution in [0.15, 0.2) is 39.5 Å². The van der Waals surface area contributed by atoms with E-state index < -0.39 is 108 Å². The highest BCUT2D eigenvalue weighted by molar-refractivity contribution is 5.88. The summed E-state index contributed by atoms with van der Waals surface area (Å²) >= 11 is 0. The van der Waals surface area contributed by atoms with Crippen molar-refractivity contribution in [3.8, 4) is 40.1 Å². The molecule has 16 nitrogen and oxygen atoms in total. The van der Waals surface area contributed by atoms with Gasteiger partial charge in [-0.2, -0.15) is 0 Å². The molecule has 2 aromatic carbocycles. The fraction of sp³-hybridized carbons (Fsp3) is 0.444. The van der Waals surface area contributed by atoms with Crippen LogP contribution in [0.1, 0.15) is 6.92 Å². The molecular formula is C27H30O16. The van der Waals surface area contributed by atoms with Crippen molar-refractivity contribution in [1.29, 1.82) is 0 Å². The van der Waals surface area contributed by atoms with Gasteiger partial charge in [-0.1, -0.05) is 0 Å². The molecule has 16 heteroatoms. The van der Waals surface area contributed by atoms with Gasteiger partial charge in [0, 0.05) is 17.7 Å². The van der Waals surface area contributed by atoms with E-state index in [1.165, 1.54) is 13.0 Å². The zero-order valence-corrected chi connectivity index (χ0v) is 22.3. The Morgan fingerprint density at radius 3 is 2.05 bits per heavy atom. The molecule has 0 unspecified atom stereocenters. The predicted molar refractivity (Wildman–Crippen MR) is 140 cm³/mol. The highest BCUT2D eigenvalue weighted by Gasteiger charge is 2.46. The summed E-state index contributed by atoms with van der Waals surface area (Å²) in [6.07, 6.45) is -15.9. The van der Waals surface area contributed by atoms with E-state index in [-0.39, 0.29) is 16.9 Å². The quantitative estimate of drug-likeness (QED) is 0.135. The van der Waals surface area contributed by atoms with E-state index in [9.17, 15) is 55.9 Å². The molecule has 0 saturated carbocycles. The number of hydrogen-bond acceptors (Lipinski definition) is 16. The van der Waals surface area contributed by atoms with Crippen LogP contribution in [-0.4, -0.2) is 119 Å². The molecule has 2 saturated heterocycles. The lowest BCUT2D eigenvalue weighted by Gasteiger charge is -2.39. The molecule has 0 aliphatic carbocycles. The van der Waals surface area contributed by atoms with Crippen molar-refractivity contribution >= 4 is 11.0 Å². The topological polar surface area (TPSA) is 269 Å². The maximum Gasteiger partial charge on any atom is 0.239 e. The van der Waals surface area contributed by atoms with Gasteiger partial charge in [-0.25, -0.2) is 0 Å². The molecule has 0 amide bonds. The Morgan fingerprint density at radius 2 is 1.40 bits per heavy atom. The molecule has 10 atom stereocenters. The fourth-order valence-corrected chi connectivity index (χ4v) is 4.81. The minimum absolute atomic E-state index is 0.0447. The molecule has 10 N–H and O–H groups in total. The number of hydrogen-bond donors (Lipinski definition) is 10. The molecule has 3 heterocycles. The van der Waals surface area contributed by atoms with Gasteiger partial charge in [0.15, 0.2) is 17.3 Å². The highest BCUT2D eigenvalue weighted by Crippen LogP contribution is 2.40. The predicted octanol–water partition coefficient (Wildman–Crippen LogP) is -2.04. The van der Waals surface area contributed by atoms with Gasteiger partial charge in [-0.05, 0) is 25.1 Å². The largest absolute Gasteiger partial charge is 0.507 e. The number of phenolic OH excluding ortho intramolecular Hbond substituents is 3. The summed E-state index contributed by atoms with van der Waals surface area (Å²) in [4.78, 5) is 13.7. The summed E-state index contributed by atoms with van der Waals surface area (Å²) in [5.41, 5.74) is -1.40. The third-order valence-corrected chi connectivity index (χ3v) is 7.29. The first-order valence-electron chi connectivity index (χ1n) is 13.0. The van der Waals surface area contributed by atoms with E-state index >= 15 is 0 Å². The van der Waals surface area contributed by atoms with E-state index in [2.05, 4.69) is 0 Å². The number of aromatic hydroxyl groups is 3. The van der Waals surface area contributed by atoms with Crippen LogP contribution in [0.2, 0.25) is 0 Å². The molecule has 234 valence electrons. The zero-order valence-electron chi connectivity index (χ0n) is 22.3. The van der Waals surface area contributed by atoms with Gasteiger partial charge < -0.3 is 74.4 Å². The van der Waals surface area contributed by atoms with Crippen molar-refractivity contribution < 1.29 is 74.4 Å². The minimum atomic E-state index is -1.92. The smallest absolute Gasteiger partial charge is 0.239 e. The maximum absolute atomic E-state index is 13.7. The van der Waals surface area contributed by atoms with Crippen LogP contribution in [0.4, 0.5) is 0 Å². The molecule has 1 aromatic heterocycles. The van der Waals surface area contributed by atoms with Crippen molar-refractivity contribution in [3.05, 3.63) is 40.6 Å². The summed E-state index contributed by atoms with van der Waals surface area (Å²) in [6.45, 7) is 0.650. The van der Waals surface area contributed by atoms with Gasteiger partial charge in [-0.3, -0.25) is 4.79 Å². The minimum Gasteiger partial charge on any atom is -0.507 e. The normalized spacial score (nSPS) is 32.9. The van der Waals surface area contributed by atoms with Crippen LogP contribution in [-0.2, 0) is 9.47 Å². The van der Waals surface area contributed by atoms with Crippen LogP contribution in [0.5, 0.6) is 28.7 Å². The van der Waals surface area contributed by atoms with Crippen LogP contribution in [0.3, 0.4) is 0 Å². The number of benzene rings is 2. The number of aliphatic hydroxyl groups is 7. The zero-order chi connectivity index (χ0) is 31.3. The Labute approximate surface area is 241 Å². The Kier molecular flexibility index (Phi) is 8.41. The van der Waals surface area contributed by atoms with Gasteiger partial charge in [0.25, 0.3) is 0 Å². The number of fused-ring (bicyclic) bond motifs is 1. The fourth-order valence-electron chi connectivity index (χ4n) is 4.81. The second kappa shape index (κ2) is 11.8. The summed E-state index contributed by atoms with van der Waals surface area (Å²) in [5.74, 6) is -3.14. The van der Waals surface area contributed by atoms with Gasteiger partial charge in [0.05, 0.1) is 12.7 Å². The number of rotatable bonds is 6. The lowest BCUT2D eigenvalue weighted by atomic mass is 9.99. The van der Waals surface area contributed by atoms with Crippen LogP contribution in [0.25, 0.3) is 22.3 Å². The molecule has 2 fully saturated rings. The molecule has 2 aliphatic heterocycles. The lowest BCUT2D eigenvalue weighted by Crippen LogP contribution is -2.60. The first kappa shape index (κ1) is 30.7. The second-order valence-corrected chi connectivity index (χ2v) is 10.2. The van der Waals surface area contributed by atoms with E-state index in [0.717, 1.165) is 24.3 Å². The van der Waals surface area contributed by atoms with Crippen molar-refractivity contribution in [2.24, 2.45) is 0 Å². The van der Waals surface area contributed by atoms with Crippen molar-refractivity contribution in [3.63, 3.8) is 0 Å². The van der Waals surface area contributed by atoms with E-state index in [0.29, 0.717) is 0 Å². The number of aliphatic hydroxyl groups excluding tert-OH is 7. The monoisotopic (exact) mass is 610 g/mol. The third kappa shape index (κ3) is 5.55. The Balaban J connectivity index is 1.61. The first-order chi connectivity index (χ1) is 20.3. The number of phenols is 3. The van der Waals surface area contributed by atoms with E-state index in [1.807, 2.05) is 0 Å². The van der Waals surface area contributed by atoms with Crippen molar-refractivity contribution in [2.45, 2.75) is 68.3 Å². The SMILES string of the molecule is C[C@@H]1O[C@@H](Oc2cc(O)c3c(=O)c(O[C@@H]4O[C@@H](CO)[C@H](O)[C@@H](O)[C@@H]4O)c(-c4ccc(O)c(O)c4)oc3c2)[C@H](O)[C@H](O)[C@H]1O. The Bertz CT molecular complexity index is 1540. The van der Waals surface area contributed by atoms with Crippen LogP contribution < -0.4 is 14.9 Å². The molecule has 3 aromatic rings. The second-order valence-electron chi connectivity index (χ2n) is 10.2. The molecule has 0 radical (unpaired) electrons. The molecule has 0 bridgehead atoms. The summed E-state index contributed by atoms with van der Waals surface area (Å²) in [6, 6.07) is 5.43. The molecule has 0 spiro atoms. The average Bonchev–Trinajstić information content (AvgIpc) is 2.97. The lowest BCUT2D eigenvalue weighted by molar-refractivity contribution is -0.277. The summed E-state index contributed by atoms with van der Waals surface area (Å²) < 4.78 is 27.8. The summed E-state index contributed by atoms with van der Waals surface area (Å²) in [7, 11) is 0. The van der Waals surface area contributed by atoms with Crippen LogP contribution in [0, 0.1) is 0 Å². The van der Waals surface area contributed by atoms with Crippen molar-refractivity contribution in [1.82, 2.24) is 0 Å². The Morgan fingerprint density at radius 1 is 0.744 bits per heavy atom.